The molecule has 5 heterocycles. The second-order valence-corrected chi connectivity index (χ2v) is 7.75. The molecule has 9 heteroatoms. The second kappa shape index (κ2) is 6.92. The van der Waals surface area contributed by atoms with Gasteiger partial charge in [0.05, 0.1) is 11.9 Å². The van der Waals surface area contributed by atoms with Crippen molar-refractivity contribution in [1.82, 2.24) is 15.0 Å². The van der Waals surface area contributed by atoms with Gasteiger partial charge in [-0.1, -0.05) is 6.07 Å². The molecule has 0 amide bonds. The Morgan fingerprint density at radius 3 is 2.55 bits per heavy atom. The van der Waals surface area contributed by atoms with Crippen molar-refractivity contribution in [2.75, 3.05) is 6.61 Å². The monoisotopic (exact) mass is 439 g/mol. The summed E-state index contributed by atoms with van der Waals surface area (Å²) in [5, 5.41) is 20.1. The number of hydrogen-bond donors (Lipinski definition) is 3. The molecule has 0 bridgehead atoms. The number of aliphatic imine (C=N–C) groups is 1. The van der Waals surface area contributed by atoms with Gasteiger partial charge in [-0.05, 0) is 42.0 Å². The van der Waals surface area contributed by atoms with Crippen LogP contribution in [-0.4, -0.2) is 37.8 Å². The molecule has 6 rings (SSSR count). The summed E-state index contributed by atoms with van der Waals surface area (Å²) in [6, 6.07) is 14.3. The van der Waals surface area contributed by atoms with Crippen LogP contribution in [0.2, 0.25) is 0 Å². The number of pyridine rings is 3. The Morgan fingerprint density at radius 2 is 1.76 bits per heavy atom. The highest BCUT2D eigenvalue weighted by Crippen LogP contribution is 2.52. The third kappa shape index (κ3) is 2.93. The summed E-state index contributed by atoms with van der Waals surface area (Å²) in [4.78, 5) is 17.0. The summed E-state index contributed by atoms with van der Waals surface area (Å²) < 4.78 is 11.8. The number of amidine groups is 1. The molecule has 0 saturated carbocycles. The first kappa shape index (κ1) is 19.1. The first-order chi connectivity index (χ1) is 16.0. The average molecular weight is 439 g/mol. The van der Waals surface area contributed by atoms with Gasteiger partial charge in [-0.2, -0.15) is 0 Å². The number of rotatable bonds is 2. The molecule has 2 aliphatic rings. The number of aromatic hydroxyl groups is 2. The summed E-state index contributed by atoms with van der Waals surface area (Å²) in [7, 11) is 0. The minimum atomic E-state index is -0.965. The van der Waals surface area contributed by atoms with Crippen LogP contribution in [0, 0.1) is 0 Å². The molecule has 0 radical (unpaired) electrons. The molecule has 0 aliphatic carbocycles. The molecule has 1 atom stereocenters. The van der Waals surface area contributed by atoms with Crippen molar-refractivity contribution in [3.8, 4) is 45.6 Å². The number of benzene rings is 1. The summed E-state index contributed by atoms with van der Waals surface area (Å²) in [6.45, 7) is 0.176. The Hall–Kier alpha value is -4.66. The van der Waals surface area contributed by atoms with Gasteiger partial charge in [0.2, 0.25) is 11.8 Å². The number of nitrogens with two attached hydrogens (primary N) is 1. The number of ether oxygens (including phenoxy) is 2. The summed E-state index contributed by atoms with van der Waals surface area (Å²) >= 11 is 0. The number of aromatic nitrogens is 3. The minimum Gasteiger partial charge on any atom is -0.493 e. The topological polar surface area (TPSA) is 136 Å². The quantitative estimate of drug-likeness (QED) is 0.433. The van der Waals surface area contributed by atoms with E-state index in [4.69, 9.17) is 20.2 Å². The van der Waals surface area contributed by atoms with Crippen molar-refractivity contribution in [2.45, 2.75) is 5.54 Å². The molecule has 4 N–H and O–H groups in total. The van der Waals surface area contributed by atoms with Gasteiger partial charge in [0.1, 0.15) is 12.4 Å². The Labute approximate surface area is 187 Å². The molecule has 3 aromatic heterocycles. The first-order valence-corrected chi connectivity index (χ1v) is 10.1. The van der Waals surface area contributed by atoms with Crippen LogP contribution in [0.15, 0.2) is 72.1 Å². The third-order valence-electron chi connectivity index (χ3n) is 5.83. The van der Waals surface area contributed by atoms with Gasteiger partial charge in [-0.25, -0.2) is 15.0 Å². The summed E-state index contributed by atoms with van der Waals surface area (Å²) in [6.07, 6.45) is 4.66. The fourth-order valence-corrected chi connectivity index (χ4v) is 4.29. The van der Waals surface area contributed by atoms with Crippen LogP contribution in [0.4, 0.5) is 0 Å². The van der Waals surface area contributed by atoms with Crippen LogP contribution in [-0.2, 0) is 10.3 Å². The molecular weight excluding hydrogens is 422 g/mol. The standard InChI is InChI=1S/C24H17N5O4/c25-23-29-24(12-32-23)16-8-13(15-2-1-6-27-22(15)31)3-4-19(16)33-20-11-28-18(10-17(20)24)14-5-7-26-21(30)9-14/h1-11H,12H2,(H2,25,29)(H,26,30)(H,27,31)/t24-/m0/s1. The van der Waals surface area contributed by atoms with Gasteiger partial charge in [0.15, 0.2) is 11.3 Å². The Morgan fingerprint density at radius 1 is 0.879 bits per heavy atom. The van der Waals surface area contributed by atoms with Crippen LogP contribution in [0.3, 0.4) is 0 Å². The molecular formula is C24H17N5O4. The van der Waals surface area contributed by atoms with E-state index in [1.165, 1.54) is 18.5 Å². The Balaban J connectivity index is 1.56. The molecule has 0 saturated heterocycles. The minimum absolute atomic E-state index is 0.0710. The smallest absolute Gasteiger partial charge is 0.283 e. The molecule has 9 nitrogen and oxygen atoms in total. The van der Waals surface area contributed by atoms with Crippen LogP contribution < -0.4 is 10.5 Å². The Kier molecular flexibility index (Phi) is 4.00. The molecule has 33 heavy (non-hydrogen) atoms. The van der Waals surface area contributed by atoms with Crippen molar-refractivity contribution in [3.05, 3.63) is 78.2 Å². The number of hydrogen-bond acceptors (Lipinski definition) is 9. The lowest BCUT2D eigenvalue weighted by atomic mass is 9.80. The zero-order valence-electron chi connectivity index (χ0n) is 17.1. The highest BCUT2D eigenvalue weighted by atomic mass is 16.5. The van der Waals surface area contributed by atoms with Gasteiger partial charge >= 0.3 is 0 Å². The molecule has 2 aliphatic heterocycles. The zero-order chi connectivity index (χ0) is 22.6. The fourth-order valence-electron chi connectivity index (χ4n) is 4.29. The normalized spacial score (nSPS) is 18.1. The average Bonchev–Trinajstić information content (AvgIpc) is 3.21. The lowest BCUT2D eigenvalue weighted by molar-refractivity contribution is 0.264. The molecule has 4 aromatic rings. The molecule has 0 fully saturated rings. The number of fused-ring (bicyclic) bond motifs is 4. The van der Waals surface area contributed by atoms with Crippen molar-refractivity contribution < 1.29 is 19.7 Å². The third-order valence-corrected chi connectivity index (χ3v) is 5.83. The van der Waals surface area contributed by atoms with Crippen LogP contribution in [0.5, 0.6) is 23.3 Å². The lowest BCUT2D eigenvalue weighted by Gasteiger charge is -2.33. The predicted octanol–water partition coefficient (Wildman–Crippen LogP) is 3.31. The largest absolute Gasteiger partial charge is 0.493 e. The van der Waals surface area contributed by atoms with Gasteiger partial charge in [-0.15, -0.1) is 0 Å². The first-order valence-electron chi connectivity index (χ1n) is 10.1. The lowest BCUT2D eigenvalue weighted by Crippen LogP contribution is -2.31. The van der Waals surface area contributed by atoms with Gasteiger partial charge in [0, 0.05) is 40.7 Å². The van der Waals surface area contributed by atoms with Crippen LogP contribution in [0.1, 0.15) is 11.1 Å². The van der Waals surface area contributed by atoms with E-state index in [2.05, 4.69) is 15.0 Å². The highest BCUT2D eigenvalue weighted by Gasteiger charge is 2.47. The SMILES string of the molecule is NC1=N[C@@]2(CO1)c1cc(-c3cccnc3O)ccc1Oc1cnc(-c3ccnc(O)c3)cc12. The molecule has 0 unspecified atom stereocenters. The number of nitrogens with zero attached hydrogens (tertiary/aromatic N) is 4. The van der Waals surface area contributed by atoms with Crippen molar-refractivity contribution >= 4 is 6.02 Å². The van der Waals surface area contributed by atoms with Crippen molar-refractivity contribution in [1.29, 1.82) is 0 Å². The predicted molar refractivity (Wildman–Crippen MR) is 119 cm³/mol. The van der Waals surface area contributed by atoms with E-state index in [9.17, 15) is 10.2 Å². The van der Waals surface area contributed by atoms with Gasteiger partial charge in [0.25, 0.3) is 6.02 Å². The van der Waals surface area contributed by atoms with Crippen LogP contribution >= 0.6 is 0 Å². The second-order valence-electron chi connectivity index (χ2n) is 7.75. The van der Waals surface area contributed by atoms with Crippen molar-refractivity contribution in [2.24, 2.45) is 10.7 Å². The van der Waals surface area contributed by atoms with E-state index in [-0.39, 0.29) is 24.4 Å². The maximum Gasteiger partial charge on any atom is 0.283 e. The van der Waals surface area contributed by atoms with E-state index in [1.54, 1.807) is 24.4 Å². The van der Waals surface area contributed by atoms with Crippen molar-refractivity contribution in [3.63, 3.8) is 0 Å². The van der Waals surface area contributed by atoms with Gasteiger partial charge in [-0.3, -0.25) is 4.98 Å². The maximum atomic E-state index is 10.3. The molecule has 162 valence electrons. The Bertz CT molecular complexity index is 1450. The van der Waals surface area contributed by atoms with E-state index in [1.807, 2.05) is 24.3 Å². The van der Waals surface area contributed by atoms with Gasteiger partial charge < -0.3 is 25.4 Å². The maximum absolute atomic E-state index is 10.3. The molecule has 1 aromatic carbocycles. The summed E-state index contributed by atoms with van der Waals surface area (Å²) in [5.74, 6) is 0.949. The van der Waals surface area contributed by atoms with E-state index >= 15 is 0 Å². The molecule has 1 spiro atoms. The van der Waals surface area contributed by atoms with Crippen LogP contribution in [0.25, 0.3) is 22.4 Å². The summed E-state index contributed by atoms with van der Waals surface area (Å²) in [5.41, 5.74) is 9.11. The van der Waals surface area contributed by atoms with E-state index in [0.29, 0.717) is 28.3 Å². The van der Waals surface area contributed by atoms with E-state index < -0.39 is 5.54 Å². The highest BCUT2D eigenvalue weighted by molar-refractivity contribution is 5.79. The van der Waals surface area contributed by atoms with E-state index in [0.717, 1.165) is 16.7 Å². The zero-order valence-corrected chi connectivity index (χ0v) is 17.1. The fraction of sp³-hybridized carbons (Fsp3) is 0.0833.